The first-order chi connectivity index (χ1) is 12.9. The summed E-state index contributed by atoms with van der Waals surface area (Å²) in [7, 11) is 0. The van der Waals surface area contributed by atoms with Crippen molar-refractivity contribution in [1.82, 2.24) is 14.8 Å². The number of ether oxygens (including phenoxy) is 1. The Hall–Kier alpha value is -0.904. The summed E-state index contributed by atoms with van der Waals surface area (Å²) >= 11 is 6.43. The Kier molecular flexibility index (Phi) is 6.89. The summed E-state index contributed by atoms with van der Waals surface area (Å²) in [5.41, 5.74) is 4.09. The number of aryl methyl sites for hydroxylation is 1. The van der Waals surface area contributed by atoms with Crippen LogP contribution in [-0.4, -0.2) is 78.5 Å². The topological polar surface area (TPSA) is 57.0 Å². The Morgan fingerprint density at radius 3 is 2.82 bits per heavy atom. The molecule has 28 heavy (non-hydrogen) atoms. The van der Waals surface area contributed by atoms with Gasteiger partial charge in [-0.3, -0.25) is 4.68 Å². The van der Waals surface area contributed by atoms with Crippen LogP contribution >= 0.6 is 11.6 Å². The number of aromatic nitrogens is 3. The van der Waals surface area contributed by atoms with Crippen molar-refractivity contribution in [2.45, 2.75) is 38.7 Å². The standard InChI is InChI=1S/C19H16ClF2N3O2.K/c1-10-17-16(7-12(8-23-17)27-19(26)18(21)22)25(24-10)9-14-13(11-5-6-11)3-2-4-15(14)20;/h2-4,7-8,11,18H,5-6,9H2,1H3;. The fraction of sp³-hybridized carbons (Fsp3) is 0.316. The third-order valence-corrected chi connectivity index (χ3v) is 4.96. The second-order valence-electron chi connectivity index (χ2n) is 6.59. The van der Waals surface area contributed by atoms with Gasteiger partial charge in [0.25, 0.3) is 0 Å². The van der Waals surface area contributed by atoms with Crippen molar-refractivity contribution in [2.24, 2.45) is 0 Å². The molecule has 0 atom stereocenters. The van der Waals surface area contributed by atoms with Gasteiger partial charge in [0.05, 0.1) is 24.0 Å². The van der Waals surface area contributed by atoms with Crippen LogP contribution in [0.1, 0.15) is 35.6 Å². The Labute approximate surface area is 207 Å². The molecule has 0 amide bonds. The average Bonchev–Trinajstić information content (AvgIpc) is 3.42. The Morgan fingerprint density at radius 2 is 2.14 bits per heavy atom. The van der Waals surface area contributed by atoms with E-state index >= 15 is 0 Å². The molecular weight excluding hydrogens is 415 g/mol. The molecular formula is C19H16ClF2KN3O2. The molecule has 9 heteroatoms. The SMILES string of the molecule is Cc1nn(Cc2c(Cl)cccc2C2CC2)c2cc(OC(=O)C(F)F)cnc12.[K]. The normalized spacial score (nSPS) is 13.6. The fourth-order valence-corrected chi connectivity index (χ4v) is 3.44. The van der Waals surface area contributed by atoms with Gasteiger partial charge in [-0.15, -0.1) is 0 Å². The summed E-state index contributed by atoms with van der Waals surface area (Å²) in [6, 6.07) is 7.35. The number of fused-ring (bicyclic) bond motifs is 1. The Balaban J connectivity index is 0.00000225. The van der Waals surface area contributed by atoms with E-state index in [4.69, 9.17) is 11.6 Å². The van der Waals surface area contributed by atoms with Gasteiger partial charge in [0.2, 0.25) is 0 Å². The molecule has 141 valence electrons. The van der Waals surface area contributed by atoms with Crippen molar-refractivity contribution in [3.63, 3.8) is 0 Å². The number of hydrogen-bond acceptors (Lipinski definition) is 4. The molecule has 5 nitrogen and oxygen atoms in total. The zero-order valence-corrected chi connectivity index (χ0v) is 19.3. The molecule has 0 N–H and O–H groups in total. The van der Waals surface area contributed by atoms with Gasteiger partial charge in [-0.2, -0.15) is 13.9 Å². The zero-order valence-electron chi connectivity index (χ0n) is 15.5. The van der Waals surface area contributed by atoms with Crippen LogP contribution in [0, 0.1) is 6.92 Å². The molecule has 0 bridgehead atoms. The average molecular weight is 431 g/mol. The molecule has 1 aromatic carbocycles. The van der Waals surface area contributed by atoms with Crippen LogP contribution in [0.4, 0.5) is 8.78 Å². The first kappa shape index (κ1) is 21.8. The number of alkyl halides is 2. The van der Waals surface area contributed by atoms with Crippen LogP contribution in [0.5, 0.6) is 5.75 Å². The monoisotopic (exact) mass is 430 g/mol. The van der Waals surface area contributed by atoms with E-state index in [2.05, 4.69) is 20.9 Å². The molecule has 1 radical (unpaired) electrons. The number of carbonyl (C=O) groups excluding carboxylic acids is 1. The zero-order chi connectivity index (χ0) is 19.1. The largest absolute Gasteiger partial charge is 0.421 e. The van der Waals surface area contributed by atoms with E-state index in [9.17, 15) is 13.6 Å². The molecule has 0 saturated heterocycles. The third kappa shape index (κ3) is 4.47. The summed E-state index contributed by atoms with van der Waals surface area (Å²) in [4.78, 5) is 15.4. The van der Waals surface area contributed by atoms with Crippen molar-refractivity contribution in [3.05, 3.63) is 52.3 Å². The summed E-state index contributed by atoms with van der Waals surface area (Å²) in [5.74, 6) is -1.14. The molecule has 1 fully saturated rings. The maximum absolute atomic E-state index is 12.4. The number of halogens is 3. The van der Waals surface area contributed by atoms with Crippen molar-refractivity contribution in [3.8, 4) is 5.75 Å². The molecule has 0 aliphatic heterocycles. The van der Waals surface area contributed by atoms with Crippen LogP contribution < -0.4 is 4.74 Å². The van der Waals surface area contributed by atoms with Gasteiger partial charge >= 0.3 is 12.4 Å². The van der Waals surface area contributed by atoms with Crippen molar-refractivity contribution in [1.29, 1.82) is 0 Å². The molecule has 2 heterocycles. The van der Waals surface area contributed by atoms with E-state index in [1.807, 2.05) is 19.1 Å². The van der Waals surface area contributed by atoms with Crippen LogP contribution in [-0.2, 0) is 11.3 Å². The van der Waals surface area contributed by atoms with Crippen LogP contribution in [0.25, 0.3) is 11.0 Å². The van der Waals surface area contributed by atoms with E-state index < -0.39 is 12.4 Å². The molecule has 1 aliphatic carbocycles. The van der Waals surface area contributed by atoms with Crippen molar-refractivity contribution >= 4 is 80.0 Å². The number of rotatable bonds is 5. The van der Waals surface area contributed by atoms with Crippen LogP contribution in [0.2, 0.25) is 5.02 Å². The van der Waals surface area contributed by atoms with E-state index in [0.29, 0.717) is 34.2 Å². The molecule has 2 aromatic heterocycles. The smallest absolute Gasteiger partial charge is 0.379 e. The maximum Gasteiger partial charge on any atom is 0.379 e. The second kappa shape index (κ2) is 8.85. The van der Waals surface area contributed by atoms with Gasteiger partial charge in [0, 0.05) is 62.5 Å². The van der Waals surface area contributed by atoms with Gasteiger partial charge in [0.1, 0.15) is 5.52 Å². The number of hydrogen-bond donors (Lipinski definition) is 0. The number of esters is 1. The van der Waals surface area contributed by atoms with E-state index in [1.54, 1.807) is 4.68 Å². The molecule has 1 saturated carbocycles. The van der Waals surface area contributed by atoms with Crippen LogP contribution in [0.15, 0.2) is 30.5 Å². The molecule has 0 spiro atoms. The number of benzene rings is 1. The maximum atomic E-state index is 12.4. The predicted molar refractivity (Wildman–Crippen MR) is 102 cm³/mol. The summed E-state index contributed by atoms with van der Waals surface area (Å²) in [6.07, 6.45) is 0.326. The van der Waals surface area contributed by atoms with E-state index in [1.165, 1.54) is 17.8 Å². The number of nitrogens with zero attached hydrogens (tertiary/aromatic N) is 3. The van der Waals surface area contributed by atoms with Crippen molar-refractivity contribution < 1.29 is 18.3 Å². The molecule has 1 aliphatic rings. The first-order valence-electron chi connectivity index (χ1n) is 8.54. The number of carbonyl (C=O) groups is 1. The van der Waals surface area contributed by atoms with Gasteiger partial charge < -0.3 is 4.74 Å². The molecule has 4 rings (SSSR count). The van der Waals surface area contributed by atoms with Gasteiger partial charge in [-0.05, 0) is 42.9 Å². The summed E-state index contributed by atoms with van der Waals surface area (Å²) < 4.78 is 31.3. The second-order valence-corrected chi connectivity index (χ2v) is 6.99. The minimum Gasteiger partial charge on any atom is -0.421 e. The summed E-state index contributed by atoms with van der Waals surface area (Å²) in [5, 5.41) is 5.17. The van der Waals surface area contributed by atoms with Gasteiger partial charge in [-0.1, -0.05) is 23.7 Å². The minimum atomic E-state index is -3.20. The first-order valence-corrected chi connectivity index (χ1v) is 8.92. The fourth-order valence-electron chi connectivity index (χ4n) is 3.20. The third-order valence-electron chi connectivity index (χ3n) is 4.61. The summed E-state index contributed by atoms with van der Waals surface area (Å²) in [6.45, 7) is 2.23. The van der Waals surface area contributed by atoms with Gasteiger partial charge in [0.15, 0.2) is 5.75 Å². The van der Waals surface area contributed by atoms with E-state index in [-0.39, 0.29) is 57.1 Å². The van der Waals surface area contributed by atoms with E-state index in [0.717, 1.165) is 18.4 Å². The minimum absolute atomic E-state index is 0. The van der Waals surface area contributed by atoms with Gasteiger partial charge in [-0.25, -0.2) is 9.78 Å². The molecule has 3 aromatic rings. The molecule has 0 unspecified atom stereocenters. The number of pyridine rings is 1. The predicted octanol–water partition coefficient (Wildman–Crippen LogP) is 4.11. The van der Waals surface area contributed by atoms with Crippen LogP contribution in [0.3, 0.4) is 0 Å². The Morgan fingerprint density at radius 1 is 1.39 bits per heavy atom. The quantitative estimate of drug-likeness (QED) is 0.451. The Bertz CT molecular complexity index is 1040. The van der Waals surface area contributed by atoms with Crippen molar-refractivity contribution in [2.75, 3.05) is 0 Å².